The molecule has 2 heterocycles. The lowest BCUT2D eigenvalue weighted by Gasteiger charge is -2.36. The SMILES string of the molecule is CCc1cc(NC(=O)N2CCN(c3cc(Cl)ccc3OC)CC2)c(OC)nc1C. The van der Waals surface area contributed by atoms with Crippen molar-refractivity contribution in [2.45, 2.75) is 20.3 Å². The Morgan fingerprint density at radius 3 is 2.52 bits per heavy atom. The summed E-state index contributed by atoms with van der Waals surface area (Å²) in [5.41, 5.74) is 3.53. The summed E-state index contributed by atoms with van der Waals surface area (Å²) in [7, 11) is 3.20. The summed E-state index contributed by atoms with van der Waals surface area (Å²) in [5, 5.41) is 3.61. The van der Waals surface area contributed by atoms with Gasteiger partial charge in [0.2, 0.25) is 5.88 Å². The van der Waals surface area contributed by atoms with Crippen molar-refractivity contribution < 1.29 is 14.3 Å². The zero-order valence-corrected chi connectivity index (χ0v) is 18.0. The number of benzene rings is 1. The summed E-state index contributed by atoms with van der Waals surface area (Å²) >= 11 is 6.15. The van der Waals surface area contributed by atoms with Crippen LogP contribution < -0.4 is 19.7 Å². The Kier molecular flexibility index (Phi) is 6.69. The fourth-order valence-electron chi connectivity index (χ4n) is 3.48. The lowest BCUT2D eigenvalue weighted by atomic mass is 10.1. The molecule has 3 rings (SSSR count). The summed E-state index contributed by atoms with van der Waals surface area (Å²) in [6.45, 7) is 6.55. The molecule has 1 aliphatic rings. The third kappa shape index (κ3) is 4.67. The number of ether oxygens (including phenoxy) is 2. The Morgan fingerprint density at radius 1 is 1.17 bits per heavy atom. The Labute approximate surface area is 176 Å². The number of piperazine rings is 1. The molecule has 7 nitrogen and oxygen atoms in total. The molecular formula is C21H27ClN4O3. The Morgan fingerprint density at radius 2 is 1.90 bits per heavy atom. The molecule has 1 saturated heterocycles. The summed E-state index contributed by atoms with van der Waals surface area (Å²) in [5.74, 6) is 1.20. The highest BCUT2D eigenvalue weighted by Gasteiger charge is 2.24. The number of urea groups is 1. The third-order valence-electron chi connectivity index (χ3n) is 5.15. The number of hydrogen-bond acceptors (Lipinski definition) is 5. The van der Waals surface area contributed by atoms with Crippen molar-refractivity contribution in [3.05, 3.63) is 40.5 Å². The molecule has 0 unspecified atom stereocenters. The van der Waals surface area contributed by atoms with Gasteiger partial charge in [-0.3, -0.25) is 0 Å². The van der Waals surface area contributed by atoms with Gasteiger partial charge in [-0.2, -0.15) is 0 Å². The third-order valence-corrected chi connectivity index (χ3v) is 5.38. The maximum absolute atomic E-state index is 12.8. The molecule has 0 radical (unpaired) electrons. The van der Waals surface area contributed by atoms with Crippen molar-refractivity contribution in [3.8, 4) is 11.6 Å². The van der Waals surface area contributed by atoms with Gasteiger partial charge in [0.05, 0.1) is 19.9 Å². The molecule has 0 bridgehead atoms. The zero-order chi connectivity index (χ0) is 21.0. The van der Waals surface area contributed by atoms with Crippen molar-refractivity contribution >= 4 is 29.0 Å². The fraction of sp³-hybridized carbons (Fsp3) is 0.429. The summed E-state index contributed by atoms with van der Waals surface area (Å²) < 4.78 is 10.8. The number of carbonyl (C=O) groups is 1. The number of carbonyl (C=O) groups excluding carboxylic acids is 1. The van der Waals surface area contributed by atoms with Crippen LogP contribution in [-0.4, -0.2) is 56.3 Å². The number of nitrogens with zero attached hydrogens (tertiary/aromatic N) is 3. The first-order valence-electron chi connectivity index (χ1n) is 9.65. The molecular weight excluding hydrogens is 392 g/mol. The molecule has 0 atom stereocenters. The molecule has 1 N–H and O–H groups in total. The van der Waals surface area contributed by atoms with E-state index in [0.29, 0.717) is 42.8 Å². The Balaban J connectivity index is 1.68. The minimum Gasteiger partial charge on any atom is -0.495 e. The molecule has 1 aromatic heterocycles. The normalized spacial score (nSPS) is 14.0. The molecule has 0 spiro atoms. The monoisotopic (exact) mass is 418 g/mol. The quantitative estimate of drug-likeness (QED) is 0.795. The predicted molar refractivity (Wildman–Crippen MR) is 116 cm³/mol. The van der Waals surface area contributed by atoms with Crippen LogP contribution >= 0.6 is 11.6 Å². The van der Waals surface area contributed by atoms with Crippen molar-refractivity contribution in [3.63, 3.8) is 0 Å². The minimum absolute atomic E-state index is 0.159. The Bertz CT molecular complexity index is 882. The molecule has 29 heavy (non-hydrogen) atoms. The number of nitrogens with one attached hydrogen (secondary N) is 1. The lowest BCUT2D eigenvalue weighted by Crippen LogP contribution is -2.50. The van der Waals surface area contributed by atoms with Crippen LogP contribution in [0.1, 0.15) is 18.2 Å². The molecule has 1 aliphatic heterocycles. The number of rotatable bonds is 5. The number of aromatic nitrogens is 1. The maximum Gasteiger partial charge on any atom is 0.322 e. The molecule has 8 heteroatoms. The van der Waals surface area contributed by atoms with E-state index < -0.39 is 0 Å². The zero-order valence-electron chi connectivity index (χ0n) is 17.3. The standard InChI is InChI=1S/C21H27ClN4O3/c1-5-15-12-17(20(29-4)23-14(15)2)24-21(27)26-10-8-25(9-11-26)18-13-16(22)6-7-19(18)28-3/h6-7,12-13H,5,8-11H2,1-4H3,(H,24,27). The van der Waals surface area contributed by atoms with Gasteiger partial charge in [-0.15, -0.1) is 0 Å². The van der Waals surface area contributed by atoms with Crippen molar-refractivity contribution in [2.75, 3.05) is 50.6 Å². The van der Waals surface area contributed by atoms with Gasteiger partial charge in [-0.25, -0.2) is 9.78 Å². The second-order valence-electron chi connectivity index (χ2n) is 6.86. The van der Waals surface area contributed by atoms with Crippen LogP contribution in [0, 0.1) is 6.92 Å². The first-order valence-corrected chi connectivity index (χ1v) is 10.0. The summed E-state index contributed by atoms with van der Waals surface area (Å²) in [4.78, 5) is 21.2. The molecule has 0 aliphatic carbocycles. The topological polar surface area (TPSA) is 66.9 Å². The second-order valence-corrected chi connectivity index (χ2v) is 7.30. The van der Waals surface area contributed by atoms with Gasteiger partial charge >= 0.3 is 6.03 Å². The minimum atomic E-state index is -0.159. The van der Waals surface area contributed by atoms with Gasteiger partial charge < -0.3 is 24.6 Å². The number of methoxy groups -OCH3 is 2. The molecule has 1 aromatic carbocycles. The molecule has 2 aromatic rings. The van der Waals surface area contributed by atoms with Crippen LogP contribution in [0.4, 0.5) is 16.2 Å². The van der Waals surface area contributed by atoms with E-state index in [-0.39, 0.29) is 6.03 Å². The fourth-order valence-corrected chi connectivity index (χ4v) is 3.65. The van der Waals surface area contributed by atoms with E-state index in [1.807, 2.05) is 25.1 Å². The van der Waals surface area contributed by atoms with Crippen LogP contribution in [0.2, 0.25) is 5.02 Å². The largest absolute Gasteiger partial charge is 0.495 e. The van der Waals surface area contributed by atoms with Gasteiger partial charge in [0, 0.05) is 36.9 Å². The highest BCUT2D eigenvalue weighted by atomic mass is 35.5. The van der Waals surface area contributed by atoms with Crippen LogP contribution in [-0.2, 0) is 6.42 Å². The Hall–Kier alpha value is -2.67. The highest BCUT2D eigenvalue weighted by molar-refractivity contribution is 6.30. The first kappa shape index (κ1) is 21.0. The summed E-state index contributed by atoms with van der Waals surface area (Å²) in [6, 6.07) is 7.34. The van der Waals surface area contributed by atoms with Crippen LogP contribution in [0.3, 0.4) is 0 Å². The second kappa shape index (κ2) is 9.22. The number of halogens is 1. The molecule has 2 amide bonds. The van der Waals surface area contributed by atoms with E-state index in [1.165, 1.54) is 0 Å². The van der Waals surface area contributed by atoms with E-state index in [1.54, 1.807) is 25.2 Å². The van der Waals surface area contributed by atoms with Crippen LogP contribution in [0.25, 0.3) is 0 Å². The predicted octanol–water partition coefficient (Wildman–Crippen LogP) is 3.98. The van der Waals surface area contributed by atoms with Gasteiger partial charge in [0.15, 0.2) is 0 Å². The average molecular weight is 419 g/mol. The van der Waals surface area contributed by atoms with E-state index in [2.05, 4.69) is 22.1 Å². The maximum atomic E-state index is 12.8. The molecule has 1 fully saturated rings. The average Bonchev–Trinajstić information content (AvgIpc) is 2.74. The number of amides is 2. The number of hydrogen-bond donors (Lipinski definition) is 1. The van der Waals surface area contributed by atoms with E-state index in [4.69, 9.17) is 21.1 Å². The van der Waals surface area contributed by atoms with Gasteiger partial charge in [0.25, 0.3) is 0 Å². The molecule has 156 valence electrons. The summed E-state index contributed by atoms with van der Waals surface area (Å²) in [6.07, 6.45) is 0.839. The van der Waals surface area contributed by atoms with Crippen LogP contribution in [0.15, 0.2) is 24.3 Å². The van der Waals surface area contributed by atoms with E-state index in [9.17, 15) is 4.79 Å². The van der Waals surface area contributed by atoms with Gasteiger partial charge in [-0.05, 0) is 43.2 Å². The van der Waals surface area contributed by atoms with Crippen molar-refractivity contribution in [1.29, 1.82) is 0 Å². The lowest BCUT2D eigenvalue weighted by molar-refractivity contribution is 0.208. The highest BCUT2D eigenvalue weighted by Crippen LogP contribution is 2.32. The number of anilines is 2. The van der Waals surface area contributed by atoms with Gasteiger partial charge in [-0.1, -0.05) is 18.5 Å². The van der Waals surface area contributed by atoms with Crippen LogP contribution in [0.5, 0.6) is 11.6 Å². The van der Waals surface area contributed by atoms with E-state index >= 15 is 0 Å². The van der Waals surface area contributed by atoms with Crippen molar-refractivity contribution in [1.82, 2.24) is 9.88 Å². The van der Waals surface area contributed by atoms with Gasteiger partial charge in [0.1, 0.15) is 11.4 Å². The van der Waals surface area contributed by atoms with Crippen molar-refractivity contribution in [2.24, 2.45) is 0 Å². The smallest absolute Gasteiger partial charge is 0.322 e. The number of aryl methyl sites for hydroxylation is 2. The van der Waals surface area contributed by atoms with E-state index in [0.717, 1.165) is 29.1 Å². The molecule has 0 saturated carbocycles. The number of pyridine rings is 1. The first-order chi connectivity index (χ1) is 14.0.